The summed E-state index contributed by atoms with van der Waals surface area (Å²) < 4.78 is 21.7. The van der Waals surface area contributed by atoms with Crippen molar-refractivity contribution in [2.75, 3.05) is 13.2 Å². The number of esters is 1. The van der Waals surface area contributed by atoms with Crippen LogP contribution in [0, 0.1) is 0 Å². The Hall–Kier alpha value is -2.96. The molecule has 1 unspecified atom stereocenters. The van der Waals surface area contributed by atoms with Crippen molar-refractivity contribution in [3.8, 4) is 5.75 Å². The van der Waals surface area contributed by atoms with Crippen molar-refractivity contribution >= 4 is 20.7 Å². The number of benzene rings is 2. The Morgan fingerprint density at radius 3 is 2.47 bits per heavy atom. The number of amides is 1. The van der Waals surface area contributed by atoms with Gasteiger partial charge in [-0.3, -0.25) is 4.79 Å². The third-order valence-corrected chi connectivity index (χ3v) is 4.77. The lowest BCUT2D eigenvalue weighted by Gasteiger charge is -2.17. The van der Waals surface area contributed by atoms with Gasteiger partial charge in [-0.05, 0) is 42.0 Å². The van der Waals surface area contributed by atoms with Gasteiger partial charge in [0.15, 0.2) is 11.8 Å². The fourth-order valence-corrected chi connectivity index (χ4v) is 2.91. The third-order valence-electron chi connectivity index (χ3n) is 4.12. The first-order valence-corrected chi connectivity index (χ1v) is 10.4. The van der Waals surface area contributed by atoms with Gasteiger partial charge in [0.2, 0.25) is 0 Å². The molecule has 0 saturated carbocycles. The van der Waals surface area contributed by atoms with E-state index in [0.29, 0.717) is 18.7 Å². The van der Waals surface area contributed by atoms with E-state index in [9.17, 15) is 14.2 Å². The Morgan fingerprint density at radius 1 is 1.07 bits per heavy atom. The number of carbonyl (C=O) groups excluding carboxylic acids is 2. The highest BCUT2D eigenvalue weighted by molar-refractivity contribution is 7.20. The molecule has 0 fully saturated rings. The first kappa shape index (κ1) is 23.3. The van der Waals surface area contributed by atoms with E-state index in [2.05, 4.69) is 5.32 Å². The van der Waals surface area contributed by atoms with Crippen molar-refractivity contribution in [2.24, 2.45) is 0 Å². The summed E-state index contributed by atoms with van der Waals surface area (Å²) >= 11 is 0. The van der Waals surface area contributed by atoms with Crippen molar-refractivity contribution in [1.29, 1.82) is 0 Å². The van der Waals surface area contributed by atoms with E-state index in [-0.39, 0.29) is 13.2 Å². The molecule has 2 atom stereocenters. The SMILES string of the molecule is CCOC(=O)[C@H](C)N(Oc1ccccc1CCNC(=O)OCc1ccccc1)[PH+]=O. The molecule has 2 aromatic carbocycles. The fourth-order valence-electron chi connectivity index (χ4n) is 2.51. The molecular formula is C21H26N2O6P+. The van der Waals surface area contributed by atoms with Gasteiger partial charge in [-0.25, -0.2) is 4.79 Å². The predicted octanol–water partition coefficient (Wildman–Crippen LogP) is 3.64. The van der Waals surface area contributed by atoms with Crippen molar-refractivity contribution < 1.29 is 28.5 Å². The number of hydroxylamine groups is 1. The summed E-state index contributed by atoms with van der Waals surface area (Å²) in [6.07, 6.45) is -0.0592. The second kappa shape index (κ2) is 12.6. The van der Waals surface area contributed by atoms with Gasteiger partial charge in [-0.15, -0.1) is 0 Å². The number of hydrogen-bond donors (Lipinski definition) is 1. The number of carbonyl (C=O) groups is 2. The van der Waals surface area contributed by atoms with Crippen LogP contribution in [0.3, 0.4) is 0 Å². The van der Waals surface area contributed by atoms with Crippen LogP contribution in [0.25, 0.3) is 0 Å². The summed E-state index contributed by atoms with van der Waals surface area (Å²) in [5.41, 5.74) is 1.68. The summed E-state index contributed by atoms with van der Waals surface area (Å²) in [6.45, 7) is 3.98. The minimum atomic E-state index is -0.997. The number of rotatable bonds is 11. The molecule has 2 aromatic rings. The normalized spacial score (nSPS) is 11.7. The topological polar surface area (TPSA) is 94.2 Å². The van der Waals surface area contributed by atoms with Crippen LogP contribution in [0.4, 0.5) is 4.79 Å². The summed E-state index contributed by atoms with van der Waals surface area (Å²) in [4.78, 5) is 30.5. The second-order valence-electron chi connectivity index (χ2n) is 6.28. The van der Waals surface area contributed by atoms with Crippen LogP contribution in [0.15, 0.2) is 54.6 Å². The first-order valence-electron chi connectivity index (χ1n) is 9.59. The smallest absolute Gasteiger partial charge is 0.457 e. The lowest BCUT2D eigenvalue weighted by atomic mass is 10.1. The average molecular weight is 433 g/mol. The van der Waals surface area contributed by atoms with Crippen LogP contribution in [0.5, 0.6) is 5.75 Å². The number of nitrogens with zero attached hydrogens (tertiary/aromatic N) is 1. The maximum Gasteiger partial charge on any atom is 0.457 e. The van der Waals surface area contributed by atoms with E-state index >= 15 is 0 Å². The maximum absolute atomic E-state index is 11.9. The molecule has 0 aliphatic carbocycles. The van der Waals surface area contributed by atoms with E-state index in [1.165, 1.54) is 0 Å². The highest BCUT2D eigenvalue weighted by Gasteiger charge is 2.31. The number of nitrogens with one attached hydrogen (secondary N) is 1. The first-order chi connectivity index (χ1) is 14.5. The van der Waals surface area contributed by atoms with E-state index < -0.39 is 26.7 Å². The zero-order valence-electron chi connectivity index (χ0n) is 17.0. The summed E-state index contributed by atoms with van der Waals surface area (Å²) in [5.74, 6) is -0.0855. The molecule has 0 aliphatic rings. The third kappa shape index (κ3) is 7.46. The highest BCUT2D eigenvalue weighted by Crippen LogP contribution is 2.23. The minimum absolute atomic E-state index is 0.192. The monoisotopic (exact) mass is 433 g/mol. The summed E-state index contributed by atoms with van der Waals surface area (Å²) in [7, 11) is -0.997. The predicted molar refractivity (Wildman–Crippen MR) is 112 cm³/mol. The van der Waals surface area contributed by atoms with Gasteiger partial charge in [0, 0.05) is 6.54 Å². The van der Waals surface area contributed by atoms with Gasteiger partial charge in [0.05, 0.1) is 11.4 Å². The van der Waals surface area contributed by atoms with E-state index in [1.807, 2.05) is 42.5 Å². The van der Waals surface area contributed by atoms with E-state index in [0.717, 1.165) is 16.0 Å². The maximum atomic E-state index is 11.9. The molecule has 9 heteroatoms. The van der Waals surface area contributed by atoms with Crippen molar-refractivity contribution in [1.82, 2.24) is 10.2 Å². The Balaban J connectivity index is 1.87. The Kier molecular flexibility index (Phi) is 9.77. The van der Waals surface area contributed by atoms with Crippen LogP contribution < -0.4 is 10.2 Å². The van der Waals surface area contributed by atoms with Crippen molar-refractivity contribution in [3.63, 3.8) is 0 Å². The molecule has 30 heavy (non-hydrogen) atoms. The molecule has 0 bridgehead atoms. The lowest BCUT2D eigenvalue weighted by Crippen LogP contribution is -2.36. The molecule has 0 aliphatic heterocycles. The number of alkyl carbamates (subject to hydrolysis) is 1. The van der Waals surface area contributed by atoms with Crippen LogP contribution in [-0.2, 0) is 31.9 Å². The van der Waals surface area contributed by atoms with Gasteiger partial charge < -0.3 is 19.6 Å². The minimum Gasteiger partial charge on any atom is -0.465 e. The standard InChI is InChI=1S/C21H25N2O6P/c1-3-27-20(24)16(2)23(30-26)29-19-12-8-7-11-18(19)13-14-22-21(25)28-15-17-9-5-4-6-10-17/h4-12,16H,3,13-15H2,1-2H3,(H,22,25)/p+1/t16-/m0/s1. The Labute approximate surface area is 177 Å². The molecule has 0 spiro atoms. The molecule has 2 rings (SSSR count). The zero-order valence-corrected chi connectivity index (χ0v) is 18.0. The van der Waals surface area contributed by atoms with Crippen LogP contribution >= 0.6 is 8.61 Å². The molecule has 1 amide bonds. The number of para-hydroxylation sites is 1. The molecule has 8 nitrogen and oxygen atoms in total. The highest BCUT2D eigenvalue weighted by atomic mass is 31.1. The number of ether oxygens (including phenoxy) is 2. The molecule has 0 aromatic heterocycles. The quantitative estimate of drug-likeness (QED) is 0.328. The average Bonchev–Trinajstić information content (AvgIpc) is 2.77. The number of hydrogen-bond acceptors (Lipinski definition) is 6. The van der Waals surface area contributed by atoms with E-state index in [4.69, 9.17) is 14.3 Å². The molecule has 160 valence electrons. The van der Waals surface area contributed by atoms with Crippen molar-refractivity contribution in [2.45, 2.75) is 32.9 Å². The lowest BCUT2D eigenvalue weighted by molar-refractivity contribution is -0.153. The molecule has 0 heterocycles. The summed E-state index contributed by atoms with van der Waals surface area (Å²) in [5, 5.41) is 2.69. The van der Waals surface area contributed by atoms with Gasteiger partial charge in [0.1, 0.15) is 6.61 Å². The largest absolute Gasteiger partial charge is 0.465 e. The van der Waals surface area contributed by atoms with Crippen LogP contribution in [0.2, 0.25) is 0 Å². The Bertz CT molecular complexity index is 833. The zero-order chi connectivity index (χ0) is 21.8. The van der Waals surface area contributed by atoms with Gasteiger partial charge in [0.25, 0.3) is 0 Å². The van der Waals surface area contributed by atoms with Crippen LogP contribution in [-0.4, -0.2) is 36.1 Å². The second-order valence-corrected chi connectivity index (χ2v) is 6.91. The van der Waals surface area contributed by atoms with Gasteiger partial charge in [-0.2, -0.15) is 0 Å². The molecule has 0 radical (unpaired) electrons. The van der Waals surface area contributed by atoms with Crippen LogP contribution in [0.1, 0.15) is 25.0 Å². The Morgan fingerprint density at radius 2 is 1.77 bits per heavy atom. The van der Waals surface area contributed by atoms with Gasteiger partial charge >= 0.3 is 20.7 Å². The van der Waals surface area contributed by atoms with Crippen molar-refractivity contribution in [3.05, 3.63) is 65.7 Å². The molecule has 0 saturated heterocycles. The van der Waals surface area contributed by atoms with E-state index in [1.54, 1.807) is 26.0 Å². The van der Waals surface area contributed by atoms with Gasteiger partial charge in [-0.1, -0.05) is 48.5 Å². The summed E-state index contributed by atoms with van der Waals surface area (Å²) in [6, 6.07) is 15.7. The molecular weight excluding hydrogens is 407 g/mol. The fraction of sp³-hybridized carbons (Fsp3) is 0.333. The molecule has 1 N–H and O–H groups in total.